The first-order valence-corrected chi connectivity index (χ1v) is 12.6. The van der Waals surface area contributed by atoms with Crippen LogP contribution >= 0.6 is 0 Å². The predicted octanol–water partition coefficient (Wildman–Crippen LogP) is 9.00. The van der Waals surface area contributed by atoms with Gasteiger partial charge in [-0.1, -0.05) is 77.7 Å². The van der Waals surface area contributed by atoms with Gasteiger partial charge >= 0.3 is 0 Å². The minimum absolute atomic E-state index is 0.153. The number of para-hydroxylation sites is 1. The van der Waals surface area contributed by atoms with Crippen molar-refractivity contribution in [3.8, 4) is 5.75 Å². The maximum Gasteiger partial charge on any atom is 0.127 e. The summed E-state index contributed by atoms with van der Waals surface area (Å²) in [6.45, 7) is 14.8. The van der Waals surface area contributed by atoms with E-state index < -0.39 is 0 Å². The van der Waals surface area contributed by atoms with E-state index in [1.165, 1.54) is 50.3 Å². The van der Waals surface area contributed by atoms with E-state index in [2.05, 4.69) is 27.7 Å². The Labute approximate surface area is 198 Å². The molecule has 1 aliphatic carbocycles. The number of nitrogens with one attached hydrogen (secondary N) is 1. The molecular formula is C29H49NO2. The van der Waals surface area contributed by atoms with Crippen LogP contribution in [0, 0.1) is 17.2 Å². The van der Waals surface area contributed by atoms with E-state index in [-0.39, 0.29) is 6.10 Å². The lowest BCUT2D eigenvalue weighted by Gasteiger charge is -2.28. The molecule has 0 saturated heterocycles. The molecule has 0 atom stereocenters. The van der Waals surface area contributed by atoms with Crippen LogP contribution in [0.3, 0.4) is 0 Å². The molecule has 1 aromatic carbocycles. The van der Waals surface area contributed by atoms with Gasteiger partial charge in [0.2, 0.25) is 0 Å². The summed E-state index contributed by atoms with van der Waals surface area (Å²) < 4.78 is 11.1. The van der Waals surface area contributed by atoms with E-state index in [9.17, 15) is 0 Å². The number of hydrogen-bond donors (Lipinski definition) is 1. The van der Waals surface area contributed by atoms with Gasteiger partial charge in [-0.3, -0.25) is 0 Å². The minimum atomic E-state index is 0.153. The summed E-state index contributed by atoms with van der Waals surface area (Å²) in [5.74, 6) is 3.40. The Bertz CT molecular complexity index is 651. The molecule has 3 heteroatoms. The molecule has 0 heterocycles. The van der Waals surface area contributed by atoms with Crippen LogP contribution in [0.2, 0.25) is 0 Å². The second-order valence-corrected chi connectivity index (χ2v) is 8.44. The third-order valence-electron chi connectivity index (χ3n) is 5.73. The molecule has 2 rings (SSSR count). The summed E-state index contributed by atoms with van der Waals surface area (Å²) in [4.78, 5) is 0. The minimum Gasteiger partial charge on any atom is -0.497 e. The van der Waals surface area contributed by atoms with Gasteiger partial charge < -0.3 is 14.9 Å². The highest BCUT2D eigenvalue weighted by atomic mass is 16.5. The van der Waals surface area contributed by atoms with E-state index in [1.807, 2.05) is 57.2 Å². The van der Waals surface area contributed by atoms with Gasteiger partial charge in [-0.15, -0.1) is 0 Å². The first kappa shape index (κ1) is 30.0. The molecule has 182 valence electrons. The highest BCUT2D eigenvalue weighted by molar-refractivity contribution is 5.81. The molecule has 1 N–H and O–H groups in total. The number of hydrogen-bond acceptors (Lipinski definition) is 3. The molecule has 1 aromatic rings. The fourth-order valence-electron chi connectivity index (χ4n) is 4.10. The molecule has 0 bridgehead atoms. The monoisotopic (exact) mass is 443 g/mol. The van der Waals surface area contributed by atoms with E-state index in [0.29, 0.717) is 5.92 Å². The van der Waals surface area contributed by atoms with Crippen LogP contribution in [0.5, 0.6) is 5.75 Å². The Kier molecular flexibility index (Phi) is 17.4. The molecule has 0 spiro atoms. The summed E-state index contributed by atoms with van der Waals surface area (Å²) >= 11 is 0. The van der Waals surface area contributed by atoms with Crippen molar-refractivity contribution in [2.75, 3.05) is 7.11 Å². The van der Waals surface area contributed by atoms with Crippen LogP contribution in [0.25, 0.3) is 0 Å². The van der Waals surface area contributed by atoms with Crippen LogP contribution in [0.4, 0.5) is 0 Å². The van der Waals surface area contributed by atoms with E-state index >= 15 is 0 Å². The second-order valence-electron chi connectivity index (χ2n) is 8.44. The molecular weight excluding hydrogens is 394 g/mol. The van der Waals surface area contributed by atoms with Crippen molar-refractivity contribution in [1.82, 2.24) is 0 Å². The standard InChI is InChI=1S/C20H35NO.C7H8O.C2H6/c1-6-17(14-21)20(22-15(3)4)19(7-2)18-12-8-10-16(5)11-9-13-18;1-8-7-5-3-2-4-6-7;1-2/h6,14-16,18,21H,7-13H2,1-5H3;2-6H,1H3;1-2H3/b17-6-,20-19-,21-14?;;. The van der Waals surface area contributed by atoms with Crippen molar-refractivity contribution in [3.63, 3.8) is 0 Å². The lowest BCUT2D eigenvalue weighted by Crippen LogP contribution is -2.15. The molecule has 0 unspecified atom stereocenters. The lowest BCUT2D eigenvalue weighted by atomic mass is 9.81. The Hall–Kier alpha value is -2.03. The number of benzene rings is 1. The summed E-state index contributed by atoms with van der Waals surface area (Å²) in [5.41, 5.74) is 2.36. The summed E-state index contributed by atoms with van der Waals surface area (Å²) in [6, 6.07) is 9.68. The first-order valence-electron chi connectivity index (χ1n) is 12.6. The number of allylic oxidation sites excluding steroid dienone is 3. The summed E-state index contributed by atoms with van der Waals surface area (Å²) in [6.07, 6.45) is 12.5. The van der Waals surface area contributed by atoms with Crippen molar-refractivity contribution >= 4 is 6.21 Å². The van der Waals surface area contributed by atoms with Gasteiger partial charge in [-0.25, -0.2) is 0 Å². The fourth-order valence-corrected chi connectivity index (χ4v) is 4.10. The normalized spacial score (nSPS) is 19.7. The largest absolute Gasteiger partial charge is 0.497 e. The van der Waals surface area contributed by atoms with Crippen LogP contribution < -0.4 is 4.74 Å². The van der Waals surface area contributed by atoms with E-state index in [0.717, 1.165) is 29.4 Å². The van der Waals surface area contributed by atoms with Gasteiger partial charge in [0, 0.05) is 11.8 Å². The topological polar surface area (TPSA) is 42.3 Å². The van der Waals surface area contributed by atoms with Crippen molar-refractivity contribution in [3.05, 3.63) is 53.3 Å². The van der Waals surface area contributed by atoms with Crippen LogP contribution in [-0.2, 0) is 4.74 Å². The maximum absolute atomic E-state index is 7.71. The SMILES string of the molecule is C/C=C(C=N)\C(OC(C)C)=C(/CC)C1CCCC(C)CCC1.CC.COc1ccccc1. The van der Waals surface area contributed by atoms with Crippen molar-refractivity contribution < 1.29 is 9.47 Å². The molecule has 1 fully saturated rings. The van der Waals surface area contributed by atoms with Crippen LogP contribution in [0.15, 0.2) is 53.3 Å². The molecule has 1 saturated carbocycles. The Balaban J connectivity index is 0.000000796. The smallest absolute Gasteiger partial charge is 0.127 e. The Morgan fingerprint density at radius 2 is 1.62 bits per heavy atom. The molecule has 0 radical (unpaired) electrons. The Morgan fingerprint density at radius 3 is 2.00 bits per heavy atom. The van der Waals surface area contributed by atoms with Crippen molar-refractivity contribution in [2.45, 2.75) is 99.5 Å². The number of ether oxygens (including phenoxy) is 2. The van der Waals surface area contributed by atoms with E-state index in [1.54, 1.807) is 7.11 Å². The van der Waals surface area contributed by atoms with Crippen molar-refractivity contribution in [2.24, 2.45) is 11.8 Å². The summed E-state index contributed by atoms with van der Waals surface area (Å²) in [7, 11) is 1.66. The summed E-state index contributed by atoms with van der Waals surface area (Å²) in [5, 5.41) is 7.71. The quantitative estimate of drug-likeness (QED) is 0.259. The molecule has 0 amide bonds. The maximum atomic E-state index is 7.71. The Morgan fingerprint density at radius 1 is 1.06 bits per heavy atom. The zero-order valence-electron chi connectivity index (χ0n) is 22.0. The molecule has 32 heavy (non-hydrogen) atoms. The molecule has 0 aliphatic heterocycles. The number of rotatable bonds is 7. The number of methoxy groups -OCH3 is 1. The van der Waals surface area contributed by atoms with Gasteiger partial charge in [-0.2, -0.15) is 0 Å². The zero-order chi connectivity index (χ0) is 24.4. The lowest BCUT2D eigenvalue weighted by molar-refractivity contribution is 0.149. The highest BCUT2D eigenvalue weighted by Gasteiger charge is 2.22. The molecule has 1 aliphatic rings. The first-order chi connectivity index (χ1) is 15.5. The van der Waals surface area contributed by atoms with Gasteiger partial charge in [0.15, 0.2) is 0 Å². The third kappa shape index (κ3) is 11.5. The average Bonchev–Trinajstić information content (AvgIpc) is 2.80. The van der Waals surface area contributed by atoms with Gasteiger partial charge in [-0.05, 0) is 69.6 Å². The fraction of sp³-hybridized carbons (Fsp3) is 0.621. The second kappa shape index (κ2) is 18.5. The third-order valence-corrected chi connectivity index (χ3v) is 5.73. The van der Waals surface area contributed by atoms with E-state index in [4.69, 9.17) is 14.9 Å². The predicted molar refractivity (Wildman–Crippen MR) is 141 cm³/mol. The van der Waals surface area contributed by atoms with Crippen LogP contribution in [0.1, 0.15) is 93.4 Å². The highest BCUT2D eigenvalue weighted by Crippen LogP contribution is 2.35. The molecule has 3 nitrogen and oxygen atoms in total. The molecule has 0 aromatic heterocycles. The zero-order valence-corrected chi connectivity index (χ0v) is 22.0. The van der Waals surface area contributed by atoms with Gasteiger partial charge in [0.1, 0.15) is 11.5 Å². The van der Waals surface area contributed by atoms with Crippen molar-refractivity contribution in [1.29, 1.82) is 5.41 Å². The van der Waals surface area contributed by atoms with Gasteiger partial charge in [0.25, 0.3) is 0 Å². The average molecular weight is 444 g/mol. The van der Waals surface area contributed by atoms with Crippen LogP contribution in [-0.4, -0.2) is 19.4 Å². The van der Waals surface area contributed by atoms with Gasteiger partial charge in [0.05, 0.1) is 13.2 Å².